The van der Waals surface area contributed by atoms with Crippen molar-refractivity contribution in [3.63, 3.8) is 0 Å². The Morgan fingerprint density at radius 1 is 0.893 bits per heavy atom. The molecule has 5 nitrogen and oxygen atoms in total. The molecule has 0 amide bonds. The van der Waals surface area contributed by atoms with E-state index in [0.29, 0.717) is 11.1 Å². The van der Waals surface area contributed by atoms with E-state index in [1.807, 2.05) is 60.7 Å². The van der Waals surface area contributed by atoms with Crippen LogP contribution in [0.3, 0.4) is 0 Å². The van der Waals surface area contributed by atoms with Crippen LogP contribution < -0.4 is 0 Å². The van der Waals surface area contributed by atoms with Gasteiger partial charge in [-0.15, -0.1) is 0 Å². The molecule has 0 bridgehead atoms. The maximum absolute atomic E-state index is 13.2. The van der Waals surface area contributed by atoms with Crippen LogP contribution in [0.15, 0.2) is 72.8 Å². The van der Waals surface area contributed by atoms with Crippen molar-refractivity contribution in [3.05, 3.63) is 83.9 Å². The minimum atomic E-state index is -1.77. The Hall–Kier alpha value is -2.92. The van der Waals surface area contributed by atoms with Crippen LogP contribution in [0.5, 0.6) is 0 Å². The first kappa shape index (κ1) is 19.8. The van der Waals surface area contributed by atoms with E-state index in [1.54, 1.807) is 13.8 Å². The molecule has 0 aromatic heterocycles. The fourth-order valence-corrected chi connectivity index (χ4v) is 3.61. The number of rotatable bonds is 6. The first-order valence-corrected chi connectivity index (χ1v) is 9.36. The zero-order valence-corrected chi connectivity index (χ0v) is 16.1. The van der Waals surface area contributed by atoms with Gasteiger partial charge in [0.25, 0.3) is 0 Å². The summed E-state index contributed by atoms with van der Waals surface area (Å²) in [6, 6.07) is 18.6. The highest BCUT2D eigenvalue weighted by atomic mass is 16.6. The van der Waals surface area contributed by atoms with Gasteiger partial charge in [0, 0.05) is 0 Å². The third-order valence-corrected chi connectivity index (χ3v) is 4.89. The first-order chi connectivity index (χ1) is 13.6. The number of esters is 2. The molecule has 1 aliphatic rings. The van der Waals surface area contributed by atoms with Gasteiger partial charge < -0.3 is 14.2 Å². The fraction of sp³-hybridized carbons (Fsp3) is 0.304. The van der Waals surface area contributed by atoms with Gasteiger partial charge in [-0.1, -0.05) is 67.2 Å². The van der Waals surface area contributed by atoms with Crippen molar-refractivity contribution in [2.75, 3.05) is 13.2 Å². The lowest BCUT2D eigenvalue weighted by Crippen LogP contribution is -2.45. The van der Waals surface area contributed by atoms with Gasteiger partial charge in [-0.25, -0.2) is 0 Å². The van der Waals surface area contributed by atoms with Crippen molar-refractivity contribution in [1.29, 1.82) is 0 Å². The Labute approximate surface area is 164 Å². The number of hydrogen-bond donors (Lipinski definition) is 0. The average molecular weight is 380 g/mol. The minimum Gasteiger partial charge on any atom is -0.465 e. The number of benzene rings is 2. The molecule has 2 aromatic rings. The fourth-order valence-electron chi connectivity index (χ4n) is 3.61. The van der Waals surface area contributed by atoms with E-state index in [9.17, 15) is 9.59 Å². The molecule has 2 atom stereocenters. The third kappa shape index (κ3) is 3.22. The van der Waals surface area contributed by atoms with E-state index in [2.05, 4.69) is 6.58 Å². The molecule has 146 valence electrons. The average Bonchev–Trinajstić information content (AvgIpc) is 3.03. The Bertz CT molecular complexity index is 826. The summed E-state index contributed by atoms with van der Waals surface area (Å²) in [4.78, 5) is 26.4. The molecule has 1 saturated heterocycles. The second-order valence-corrected chi connectivity index (χ2v) is 6.49. The smallest absolute Gasteiger partial charge is 0.330 e. The predicted molar refractivity (Wildman–Crippen MR) is 104 cm³/mol. The topological polar surface area (TPSA) is 61.8 Å². The van der Waals surface area contributed by atoms with Crippen molar-refractivity contribution in [2.24, 2.45) is 5.41 Å². The molecule has 0 aliphatic carbocycles. The third-order valence-electron chi connectivity index (χ3n) is 4.89. The normalized spacial score (nSPS) is 20.6. The summed E-state index contributed by atoms with van der Waals surface area (Å²) < 4.78 is 16.9. The predicted octanol–water partition coefficient (Wildman–Crippen LogP) is 4.17. The zero-order valence-electron chi connectivity index (χ0n) is 16.1. The molecule has 0 spiro atoms. The number of carbonyl (C=O) groups is 2. The monoisotopic (exact) mass is 380 g/mol. The van der Waals surface area contributed by atoms with E-state index in [1.165, 1.54) is 0 Å². The lowest BCUT2D eigenvalue weighted by atomic mass is 9.73. The van der Waals surface area contributed by atoms with Crippen molar-refractivity contribution in [2.45, 2.75) is 26.1 Å². The molecule has 0 radical (unpaired) electrons. The van der Waals surface area contributed by atoms with Gasteiger partial charge >= 0.3 is 11.9 Å². The maximum atomic E-state index is 13.2. The second kappa shape index (κ2) is 8.40. The van der Waals surface area contributed by atoms with Crippen LogP contribution in [0.1, 0.15) is 37.2 Å². The van der Waals surface area contributed by atoms with Crippen molar-refractivity contribution in [1.82, 2.24) is 0 Å². The number of ether oxygens (including phenoxy) is 3. The molecule has 1 heterocycles. The summed E-state index contributed by atoms with van der Waals surface area (Å²) in [5.41, 5.74) is 0.0463. The van der Waals surface area contributed by atoms with Crippen molar-refractivity contribution < 1.29 is 23.8 Å². The first-order valence-electron chi connectivity index (χ1n) is 9.36. The van der Waals surface area contributed by atoms with Gasteiger partial charge in [0.2, 0.25) is 5.41 Å². The van der Waals surface area contributed by atoms with Crippen LogP contribution >= 0.6 is 0 Å². The Kier molecular flexibility index (Phi) is 5.95. The molecule has 5 heteroatoms. The van der Waals surface area contributed by atoms with Crippen LogP contribution in [-0.2, 0) is 23.8 Å². The summed E-state index contributed by atoms with van der Waals surface area (Å²) in [6.07, 6.45) is -1.54. The van der Waals surface area contributed by atoms with Gasteiger partial charge in [0.1, 0.15) is 12.2 Å². The minimum absolute atomic E-state index is 0.130. The highest BCUT2D eigenvalue weighted by Gasteiger charge is 2.65. The Morgan fingerprint density at radius 2 is 1.36 bits per heavy atom. The van der Waals surface area contributed by atoms with Crippen LogP contribution in [0.25, 0.3) is 0 Å². The molecule has 0 N–H and O–H groups in total. The van der Waals surface area contributed by atoms with Crippen LogP contribution in [0, 0.1) is 5.41 Å². The molecule has 1 aliphatic heterocycles. The molecule has 3 rings (SSSR count). The molecule has 1 fully saturated rings. The van der Waals surface area contributed by atoms with E-state index >= 15 is 0 Å². The highest BCUT2D eigenvalue weighted by Crippen LogP contribution is 2.57. The van der Waals surface area contributed by atoms with E-state index in [-0.39, 0.29) is 13.2 Å². The van der Waals surface area contributed by atoms with Gasteiger partial charge in [0.15, 0.2) is 0 Å². The maximum Gasteiger partial charge on any atom is 0.330 e. The zero-order chi connectivity index (χ0) is 20.1. The number of hydrogen-bond acceptors (Lipinski definition) is 5. The van der Waals surface area contributed by atoms with Crippen LogP contribution in [0.4, 0.5) is 0 Å². The molecule has 2 aromatic carbocycles. The summed E-state index contributed by atoms with van der Waals surface area (Å²) >= 11 is 0. The van der Waals surface area contributed by atoms with Gasteiger partial charge in [-0.2, -0.15) is 0 Å². The molecule has 0 unspecified atom stereocenters. The summed E-state index contributed by atoms with van der Waals surface area (Å²) in [6.45, 7) is 7.77. The lowest BCUT2D eigenvalue weighted by Gasteiger charge is -2.30. The van der Waals surface area contributed by atoms with E-state index in [4.69, 9.17) is 14.2 Å². The van der Waals surface area contributed by atoms with Crippen LogP contribution in [-0.4, -0.2) is 25.2 Å². The van der Waals surface area contributed by atoms with Crippen molar-refractivity contribution in [3.8, 4) is 0 Å². The van der Waals surface area contributed by atoms with E-state index in [0.717, 1.165) is 5.56 Å². The molecule has 0 saturated carbocycles. The largest absolute Gasteiger partial charge is 0.465 e. The molecule has 28 heavy (non-hydrogen) atoms. The SMILES string of the molecule is C=C1[C@@H](c2ccccc2)O[C@H](c2ccccc2)C1(C(=O)OCC)C(=O)OCC. The van der Waals surface area contributed by atoms with Crippen molar-refractivity contribution >= 4 is 11.9 Å². The van der Waals surface area contributed by atoms with Gasteiger partial charge in [0.05, 0.1) is 13.2 Å². The van der Waals surface area contributed by atoms with Crippen LogP contribution in [0.2, 0.25) is 0 Å². The summed E-state index contributed by atoms with van der Waals surface area (Å²) in [7, 11) is 0. The Balaban J connectivity index is 2.19. The number of carbonyl (C=O) groups excluding carboxylic acids is 2. The summed E-state index contributed by atoms with van der Waals surface area (Å²) in [5, 5.41) is 0. The summed E-state index contributed by atoms with van der Waals surface area (Å²) in [5.74, 6) is -1.41. The van der Waals surface area contributed by atoms with Gasteiger partial charge in [-0.05, 0) is 30.5 Å². The van der Waals surface area contributed by atoms with E-state index < -0.39 is 29.6 Å². The Morgan fingerprint density at radius 3 is 1.82 bits per heavy atom. The van der Waals surface area contributed by atoms with Gasteiger partial charge in [-0.3, -0.25) is 9.59 Å². The lowest BCUT2D eigenvalue weighted by molar-refractivity contribution is -0.174. The highest BCUT2D eigenvalue weighted by molar-refractivity contribution is 6.05. The molecular weight excluding hydrogens is 356 g/mol. The standard InChI is InChI=1S/C23H24O5/c1-4-26-21(24)23(22(25)27-5-2)16(3)19(17-12-8-6-9-13-17)28-20(23)18-14-10-7-11-15-18/h6-15,19-20H,3-5H2,1-2H3/t19-,20+/m0/s1. The second-order valence-electron chi connectivity index (χ2n) is 6.49. The quantitative estimate of drug-likeness (QED) is 0.428. The molecular formula is C23H24O5.